The van der Waals surface area contributed by atoms with E-state index in [1.165, 1.54) is 6.07 Å². The molecule has 0 radical (unpaired) electrons. The fourth-order valence-corrected chi connectivity index (χ4v) is 2.21. The van der Waals surface area contributed by atoms with Crippen molar-refractivity contribution >= 4 is 21.6 Å². The van der Waals surface area contributed by atoms with Crippen LogP contribution in [0.2, 0.25) is 0 Å². The fourth-order valence-electron chi connectivity index (χ4n) is 1.81. The van der Waals surface area contributed by atoms with Gasteiger partial charge >= 0.3 is 0 Å². The van der Waals surface area contributed by atoms with Crippen LogP contribution in [0.4, 0.5) is 10.1 Å². The van der Waals surface area contributed by atoms with Gasteiger partial charge in [-0.1, -0.05) is 17.7 Å². The van der Waals surface area contributed by atoms with Crippen LogP contribution in [0.15, 0.2) is 40.9 Å². The first-order valence-corrected chi connectivity index (χ1v) is 6.72. The van der Waals surface area contributed by atoms with E-state index in [4.69, 9.17) is 4.74 Å². The molecule has 0 atom stereocenters. The maximum Gasteiger partial charge on any atom is 0.135 e. The van der Waals surface area contributed by atoms with Crippen molar-refractivity contribution in [3.05, 3.63) is 57.8 Å². The topological polar surface area (TPSA) is 21.3 Å². The van der Waals surface area contributed by atoms with Gasteiger partial charge in [0, 0.05) is 23.9 Å². The summed E-state index contributed by atoms with van der Waals surface area (Å²) in [4.78, 5) is 0. The molecule has 2 aromatic rings. The molecule has 0 bridgehead atoms. The van der Waals surface area contributed by atoms with Crippen LogP contribution in [0, 0.1) is 12.7 Å². The summed E-state index contributed by atoms with van der Waals surface area (Å²) in [6, 6.07) is 10.8. The molecule has 0 saturated heterocycles. The van der Waals surface area contributed by atoms with E-state index in [0.29, 0.717) is 12.1 Å². The van der Waals surface area contributed by atoms with Crippen LogP contribution in [0.3, 0.4) is 0 Å². The molecule has 2 rings (SSSR count). The number of benzene rings is 2. The summed E-state index contributed by atoms with van der Waals surface area (Å²) in [6.45, 7) is 2.39. The minimum Gasteiger partial charge on any atom is -0.495 e. The molecule has 19 heavy (non-hydrogen) atoms. The molecule has 0 spiro atoms. The summed E-state index contributed by atoms with van der Waals surface area (Å²) < 4.78 is 19.7. The smallest absolute Gasteiger partial charge is 0.135 e. The zero-order valence-corrected chi connectivity index (χ0v) is 12.4. The lowest BCUT2D eigenvalue weighted by molar-refractivity contribution is 0.412. The van der Waals surface area contributed by atoms with Crippen molar-refractivity contribution in [3.8, 4) is 5.75 Å². The van der Waals surface area contributed by atoms with Gasteiger partial charge in [-0.05, 0) is 41.1 Å². The molecule has 1 N–H and O–H groups in total. The average molecular weight is 324 g/mol. The number of hydrogen-bond donors (Lipinski definition) is 1. The first-order chi connectivity index (χ1) is 9.10. The Labute approximate surface area is 120 Å². The van der Waals surface area contributed by atoms with Crippen molar-refractivity contribution in [2.75, 3.05) is 12.4 Å². The Morgan fingerprint density at radius 2 is 2.00 bits per heavy atom. The van der Waals surface area contributed by atoms with Gasteiger partial charge in [0.1, 0.15) is 11.6 Å². The third-order valence-corrected chi connectivity index (χ3v) is 3.49. The van der Waals surface area contributed by atoms with Gasteiger partial charge in [0.05, 0.1) is 11.6 Å². The molecule has 0 fully saturated rings. The monoisotopic (exact) mass is 323 g/mol. The van der Waals surface area contributed by atoms with Crippen LogP contribution < -0.4 is 10.1 Å². The Balaban J connectivity index is 2.12. The van der Waals surface area contributed by atoms with Crippen molar-refractivity contribution in [1.29, 1.82) is 0 Å². The molecule has 0 aromatic heterocycles. The summed E-state index contributed by atoms with van der Waals surface area (Å²) >= 11 is 3.39. The lowest BCUT2D eigenvalue weighted by Crippen LogP contribution is -2.02. The van der Waals surface area contributed by atoms with Crippen LogP contribution in [0.25, 0.3) is 0 Å². The zero-order chi connectivity index (χ0) is 13.8. The lowest BCUT2D eigenvalue weighted by Gasteiger charge is -2.10. The standard InChI is InChI=1S/C15H15BrFNO/c1-10-3-6-14(17)11(7-10)9-18-12-4-5-13(16)15(8-12)19-2/h3-8,18H,9H2,1-2H3. The van der Waals surface area contributed by atoms with Gasteiger partial charge < -0.3 is 10.1 Å². The van der Waals surface area contributed by atoms with Crippen molar-refractivity contribution in [1.82, 2.24) is 0 Å². The molecule has 0 saturated carbocycles. The molecule has 100 valence electrons. The number of anilines is 1. The number of hydrogen-bond acceptors (Lipinski definition) is 2. The van der Waals surface area contributed by atoms with Crippen LogP contribution in [0.5, 0.6) is 5.75 Å². The van der Waals surface area contributed by atoms with Crippen molar-refractivity contribution in [3.63, 3.8) is 0 Å². The second-order valence-corrected chi connectivity index (χ2v) is 5.15. The summed E-state index contributed by atoms with van der Waals surface area (Å²) in [5, 5.41) is 3.19. The summed E-state index contributed by atoms with van der Waals surface area (Å²) in [7, 11) is 1.62. The zero-order valence-electron chi connectivity index (χ0n) is 10.8. The molecule has 0 aliphatic heterocycles. The first kappa shape index (κ1) is 13.9. The number of nitrogens with one attached hydrogen (secondary N) is 1. The van der Waals surface area contributed by atoms with E-state index in [-0.39, 0.29) is 5.82 Å². The van der Waals surface area contributed by atoms with E-state index >= 15 is 0 Å². The molecule has 0 unspecified atom stereocenters. The molecule has 0 amide bonds. The van der Waals surface area contributed by atoms with Crippen LogP contribution in [-0.2, 0) is 6.54 Å². The summed E-state index contributed by atoms with van der Waals surface area (Å²) in [6.07, 6.45) is 0. The highest BCUT2D eigenvalue weighted by molar-refractivity contribution is 9.10. The lowest BCUT2D eigenvalue weighted by atomic mass is 10.1. The first-order valence-electron chi connectivity index (χ1n) is 5.92. The van der Waals surface area contributed by atoms with Gasteiger partial charge in [0.15, 0.2) is 0 Å². The quantitative estimate of drug-likeness (QED) is 0.893. The van der Waals surface area contributed by atoms with Gasteiger partial charge in [-0.2, -0.15) is 0 Å². The van der Waals surface area contributed by atoms with E-state index in [2.05, 4.69) is 21.2 Å². The maximum absolute atomic E-state index is 13.6. The fraction of sp³-hybridized carbons (Fsp3) is 0.200. The predicted molar refractivity (Wildman–Crippen MR) is 79.2 cm³/mol. The molecular weight excluding hydrogens is 309 g/mol. The Morgan fingerprint density at radius 1 is 1.21 bits per heavy atom. The van der Waals surface area contributed by atoms with Crippen molar-refractivity contribution in [2.45, 2.75) is 13.5 Å². The molecular formula is C15H15BrFNO. The van der Waals surface area contributed by atoms with Crippen LogP contribution in [-0.4, -0.2) is 7.11 Å². The highest BCUT2D eigenvalue weighted by Crippen LogP contribution is 2.28. The largest absolute Gasteiger partial charge is 0.495 e. The maximum atomic E-state index is 13.6. The number of ether oxygens (including phenoxy) is 1. The van der Waals surface area contributed by atoms with Crippen LogP contribution >= 0.6 is 15.9 Å². The third kappa shape index (κ3) is 3.47. The molecule has 0 heterocycles. The minimum atomic E-state index is -0.192. The second-order valence-electron chi connectivity index (χ2n) is 4.30. The second kappa shape index (κ2) is 6.06. The van der Waals surface area contributed by atoms with Gasteiger partial charge in [0.2, 0.25) is 0 Å². The highest BCUT2D eigenvalue weighted by Gasteiger charge is 2.04. The van der Waals surface area contributed by atoms with Gasteiger partial charge in [-0.25, -0.2) is 4.39 Å². The number of rotatable bonds is 4. The van der Waals surface area contributed by atoms with E-state index in [9.17, 15) is 4.39 Å². The van der Waals surface area contributed by atoms with Crippen molar-refractivity contribution < 1.29 is 9.13 Å². The SMILES string of the molecule is COc1cc(NCc2cc(C)ccc2F)ccc1Br. The Hall–Kier alpha value is -1.55. The van der Waals surface area contributed by atoms with Gasteiger partial charge in [-0.3, -0.25) is 0 Å². The number of methoxy groups -OCH3 is 1. The highest BCUT2D eigenvalue weighted by atomic mass is 79.9. The van der Waals surface area contributed by atoms with Crippen molar-refractivity contribution in [2.24, 2.45) is 0 Å². The van der Waals surface area contributed by atoms with Gasteiger partial charge in [-0.15, -0.1) is 0 Å². The molecule has 2 nitrogen and oxygen atoms in total. The van der Waals surface area contributed by atoms with E-state index in [0.717, 1.165) is 21.5 Å². The Bertz CT molecular complexity index is 586. The molecule has 4 heteroatoms. The predicted octanol–water partition coefficient (Wildman–Crippen LogP) is 4.52. The molecule has 0 aliphatic carbocycles. The molecule has 2 aromatic carbocycles. The Morgan fingerprint density at radius 3 is 2.74 bits per heavy atom. The minimum absolute atomic E-state index is 0.192. The number of aryl methyl sites for hydroxylation is 1. The van der Waals surface area contributed by atoms with E-state index in [1.54, 1.807) is 13.2 Å². The summed E-state index contributed by atoms with van der Waals surface area (Å²) in [5.41, 5.74) is 2.59. The number of halogens is 2. The Kier molecular flexibility index (Phi) is 4.43. The van der Waals surface area contributed by atoms with Crippen LogP contribution in [0.1, 0.15) is 11.1 Å². The van der Waals surface area contributed by atoms with Gasteiger partial charge in [0.25, 0.3) is 0 Å². The van der Waals surface area contributed by atoms with E-state index in [1.807, 2.05) is 31.2 Å². The average Bonchev–Trinajstić information content (AvgIpc) is 2.41. The normalized spacial score (nSPS) is 10.3. The molecule has 0 aliphatic rings. The third-order valence-electron chi connectivity index (χ3n) is 2.84. The summed E-state index contributed by atoms with van der Waals surface area (Å²) in [5.74, 6) is 0.553. The van der Waals surface area contributed by atoms with E-state index < -0.39 is 0 Å².